The van der Waals surface area contributed by atoms with Crippen molar-refractivity contribution in [3.05, 3.63) is 109 Å². The first kappa shape index (κ1) is 28.9. The molecular weight excluding hydrogens is 548 g/mol. The summed E-state index contributed by atoms with van der Waals surface area (Å²) in [4.78, 5) is 24.4. The Kier molecular flexibility index (Phi) is 9.73. The van der Waals surface area contributed by atoms with Gasteiger partial charge in [-0.05, 0) is 78.4 Å². The van der Waals surface area contributed by atoms with Crippen molar-refractivity contribution in [3.63, 3.8) is 0 Å². The Hall–Kier alpha value is -5.10. The zero-order valence-electron chi connectivity index (χ0n) is 22.1. The number of carbonyl (C=O) groups excluding carboxylic acids is 2. The lowest BCUT2D eigenvalue weighted by molar-refractivity contribution is -0.123. The maximum absolute atomic E-state index is 12.5. The van der Waals surface area contributed by atoms with Crippen molar-refractivity contribution in [2.75, 3.05) is 23.7 Å². The van der Waals surface area contributed by atoms with Gasteiger partial charge in [0.25, 0.3) is 11.8 Å². The predicted octanol–water partition coefficient (Wildman–Crippen LogP) is 3.68. The Balaban J connectivity index is 1.25. The van der Waals surface area contributed by atoms with Crippen molar-refractivity contribution in [1.82, 2.24) is 10.7 Å². The van der Waals surface area contributed by atoms with Gasteiger partial charge >= 0.3 is 0 Å². The molecule has 0 aliphatic rings. The minimum atomic E-state index is -3.76. The number of hydrogen-bond donors (Lipinski definition) is 2. The van der Waals surface area contributed by atoms with E-state index in [9.17, 15) is 18.0 Å². The number of hydrogen-bond acceptors (Lipinski definition) is 8. The van der Waals surface area contributed by atoms with Crippen LogP contribution in [0.15, 0.2) is 107 Å². The molecule has 12 heteroatoms. The Morgan fingerprint density at radius 2 is 1.56 bits per heavy atom. The predicted molar refractivity (Wildman–Crippen MR) is 153 cm³/mol. The Morgan fingerprint density at radius 1 is 0.878 bits per heavy atom. The average Bonchev–Trinajstić information content (AvgIpc) is 3.49. The van der Waals surface area contributed by atoms with Gasteiger partial charge in [0.15, 0.2) is 6.61 Å². The lowest BCUT2D eigenvalue weighted by Crippen LogP contribution is -2.38. The molecule has 0 saturated carbocycles. The highest BCUT2D eigenvalue weighted by atomic mass is 32.2. The van der Waals surface area contributed by atoms with E-state index in [2.05, 4.69) is 15.8 Å². The number of furan rings is 1. The Bertz CT molecular complexity index is 1560. The monoisotopic (exact) mass is 576 g/mol. The standard InChI is InChI=1S/C29H28N4O7S/c1-41(36,37)33(23-11-15-26(16-12-23)40-25-6-3-2-4-7-25)20-28(34)32-31-18-22-9-13-24(14-10-22)39-21-29(35)30-19-27-8-5-17-38-27/h2-18H,19-21H2,1H3,(H,30,35)(H,32,34)/b31-18-. The zero-order valence-corrected chi connectivity index (χ0v) is 22.9. The molecule has 1 aromatic heterocycles. The van der Waals surface area contributed by atoms with E-state index >= 15 is 0 Å². The molecule has 3 aromatic carbocycles. The van der Waals surface area contributed by atoms with Gasteiger partial charge in [-0.25, -0.2) is 13.8 Å². The molecule has 4 aromatic rings. The molecule has 0 aliphatic carbocycles. The van der Waals surface area contributed by atoms with Gasteiger partial charge in [0.2, 0.25) is 10.0 Å². The zero-order chi connectivity index (χ0) is 29.1. The number of nitrogens with zero attached hydrogens (tertiary/aromatic N) is 2. The van der Waals surface area contributed by atoms with Gasteiger partial charge in [-0.15, -0.1) is 0 Å². The van der Waals surface area contributed by atoms with Crippen LogP contribution in [0.4, 0.5) is 5.69 Å². The number of para-hydroxylation sites is 1. The molecule has 2 N–H and O–H groups in total. The van der Waals surface area contributed by atoms with Crippen molar-refractivity contribution in [2.45, 2.75) is 6.54 Å². The van der Waals surface area contributed by atoms with Crippen LogP contribution in [0.25, 0.3) is 0 Å². The molecule has 212 valence electrons. The smallest absolute Gasteiger partial charge is 0.260 e. The number of ether oxygens (including phenoxy) is 2. The van der Waals surface area contributed by atoms with E-state index in [0.717, 1.165) is 10.6 Å². The molecule has 0 radical (unpaired) electrons. The minimum Gasteiger partial charge on any atom is -0.484 e. The summed E-state index contributed by atoms with van der Waals surface area (Å²) in [5.74, 6) is 1.35. The van der Waals surface area contributed by atoms with E-state index in [1.807, 2.05) is 18.2 Å². The van der Waals surface area contributed by atoms with Crippen LogP contribution in [0.2, 0.25) is 0 Å². The Morgan fingerprint density at radius 3 is 2.22 bits per heavy atom. The molecule has 41 heavy (non-hydrogen) atoms. The fourth-order valence-electron chi connectivity index (χ4n) is 3.50. The van der Waals surface area contributed by atoms with Crippen molar-refractivity contribution in [2.24, 2.45) is 5.10 Å². The molecule has 0 atom stereocenters. The van der Waals surface area contributed by atoms with E-state index in [1.165, 1.54) is 12.5 Å². The third-order valence-corrected chi connectivity index (χ3v) is 6.62. The van der Waals surface area contributed by atoms with Crippen LogP contribution < -0.4 is 24.5 Å². The first-order chi connectivity index (χ1) is 19.8. The van der Waals surface area contributed by atoms with E-state index in [1.54, 1.807) is 72.8 Å². The molecule has 0 unspecified atom stereocenters. The molecule has 0 aliphatic heterocycles. The van der Waals surface area contributed by atoms with Gasteiger partial charge in [0.05, 0.1) is 31.0 Å². The van der Waals surface area contributed by atoms with Crippen molar-refractivity contribution in [1.29, 1.82) is 0 Å². The lowest BCUT2D eigenvalue weighted by atomic mass is 10.2. The maximum Gasteiger partial charge on any atom is 0.260 e. The van der Waals surface area contributed by atoms with Gasteiger partial charge in [0, 0.05) is 0 Å². The van der Waals surface area contributed by atoms with Crippen LogP contribution in [0.1, 0.15) is 11.3 Å². The molecule has 0 fully saturated rings. The number of benzene rings is 3. The summed E-state index contributed by atoms with van der Waals surface area (Å²) in [7, 11) is -3.76. The molecular formula is C29H28N4O7S. The highest BCUT2D eigenvalue weighted by molar-refractivity contribution is 7.92. The Labute approximate surface area is 237 Å². The molecule has 0 spiro atoms. The highest BCUT2D eigenvalue weighted by Gasteiger charge is 2.21. The third-order valence-electron chi connectivity index (χ3n) is 5.48. The van der Waals surface area contributed by atoms with Crippen LogP contribution in [-0.4, -0.2) is 45.9 Å². The SMILES string of the molecule is CS(=O)(=O)N(CC(=O)N/N=C\c1ccc(OCC(=O)NCc2ccco2)cc1)c1ccc(Oc2ccccc2)cc1. The van der Waals surface area contributed by atoms with Gasteiger partial charge in [0.1, 0.15) is 29.6 Å². The maximum atomic E-state index is 12.5. The highest BCUT2D eigenvalue weighted by Crippen LogP contribution is 2.25. The van der Waals surface area contributed by atoms with Crippen LogP contribution in [0, 0.1) is 0 Å². The molecule has 0 saturated heterocycles. The number of sulfonamides is 1. The summed E-state index contributed by atoms with van der Waals surface area (Å²) in [6.07, 6.45) is 3.95. The quantitative estimate of drug-likeness (QED) is 0.183. The number of carbonyl (C=O) groups is 2. The normalized spacial score (nSPS) is 11.1. The van der Waals surface area contributed by atoms with Gasteiger partial charge in [-0.1, -0.05) is 18.2 Å². The minimum absolute atomic E-state index is 0.163. The molecule has 0 bridgehead atoms. The largest absolute Gasteiger partial charge is 0.484 e. The van der Waals surface area contributed by atoms with Crippen molar-refractivity contribution >= 4 is 33.7 Å². The topological polar surface area (TPSA) is 140 Å². The second-order valence-corrected chi connectivity index (χ2v) is 10.6. The van der Waals surface area contributed by atoms with Gasteiger partial charge in [-0.3, -0.25) is 13.9 Å². The first-order valence-electron chi connectivity index (χ1n) is 12.4. The number of nitrogens with one attached hydrogen (secondary N) is 2. The fourth-order valence-corrected chi connectivity index (χ4v) is 4.36. The molecule has 1 heterocycles. The molecule has 4 rings (SSSR count). The van der Waals surface area contributed by atoms with E-state index < -0.39 is 22.5 Å². The molecule has 11 nitrogen and oxygen atoms in total. The second-order valence-electron chi connectivity index (χ2n) is 8.69. The van der Waals surface area contributed by atoms with Crippen LogP contribution in [-0.2, 0) is 26.2 Å². The summed E-state index contributed by atoms with van der Waals surface area (Å²) in [5.41, 5.74) is 3.29. The van der Waals surface area contributed by atoms with Gasteiger partial charge in [-0.2, -0.15) is 5.10 Å². The molecule has 2 amide bonds. The van der Waals surface area contributed by atoms with E-state index in [0.29, 0.717) is 34.3 Å². The van der Waals surface area contributed by atoms with Crippen LogP contribution >= 0.6 is 0 Å². The van der Waals surface area contributed by atoms with Crippen LogP contribution in [0.3, 0.4) is 0 Å². The summed E-state index contributed by atoms with van der Waals surface area (Å²) in [6.45, 7) is -0.359. The van der Waals surface area contributed by atoms with Crippen molar-refractivity contribution in [3.8, 4) is 17.2 Å². The van der Waals surface area contributed by atoms with Gasteiger partial charge < -0.3 is 19.2 Å². The lowest BCUT2D eigenvalue weighted by Gasteiger charge is -2.21. The summed E-state index contributed by atoms with van der Waals surface area (Å²) in [5, 5.41) is 6.59. The van der Waals surface area contributed by atoms with Crippen molar-refractivity contribution < 1.29 is 31.9 Å². The summed E-state index contributed by atoms with van der Waals surface area (Å²) < 4.78 is 42.1. The van der Waals surface area contributed by atoms with Crippen LogP contribution in [0.5, 0.6) is 17.2 Å². The van der Waals surface area contributed by atoms with E-state index in [-0.39, 0.29) is 19.1 Å². The second kappa shape index (κ2) is 13.8. The number of anilines is 1. The summed E-state index contributed by atoms with van der Waals surface area (Å²) >= 11 is 0. The number of hydrazone groups is 1. The first-order valence-corrected chi connectivity index (χ1v) is 14.3. The number of amides is 2. The third kappa shape index (κ3) is 9.25. The van der Waals surface area contributed by atoms with E-state index in [4.69, 9.17) is 13.9 Å². The number of rotatable bonds is 13. The fraction of sp³-hybridized carbons (Fsp3) is 0.138. The average molecular weight is 577 g/mol. The summed E-state index contributed by atoms with van der Waals surface area (Å²) in [6, 6.07) is 25.7.